The van der Waals surface area contributed by atoms with E-state index in [1.165, 1.54) is 11.4 Å². The fraction of sp³-hybridized carbons (Fsp3) is 0.471. The minimum atomic E-state index is 0.166. The van der Waals surface area contributed by atoms with E-state index >= 15 is 0 Å². The van der Waals surface area contributed by atoms with E-state index in [1.807, 2.05) is 16.3 Å². The number of amides is 1. The van der Waals surface area contributed by atoms with E-state index < -0.39 is 0 Å². The highest BCUT2D eigenvalue weighted by molar-refractivity contribution is 7.13. The normalized spacial score (nSPS) is 16.8. The van der Waals surface area contributed by atoms with E-state index in [1.54, 1.807) is 11.3 Å². The molecule has 2 aromatic rings. The molecular formula is C17H23N3OS. The van der Waals surface area contributed by atoms with Crippen LogP contribution in [0.4, 0.5) is 0 Å². The van der Waals surface area contributed by atoms with Crippen molar-refractivity contribution >= 4 is 17.2 Å². The zero-order chi connectivity index (χ0) is 15.7. The molecule has 5 heteroatoms. The summed E-state index contributed by atoms with van der Waals surface area (Å²) < 4.78 is 2.18. The number of rotatable bonds is 2. The van der Waals surface area contributed by atoms with Gasteiger partial charge in [0.1, 0.15) is 5.00 Å². The Morgan fingerprint density at radius 1 is 1.05 bits per heavy atom. The second-order valence-electron chi connectivity index (χ2n) is 6.04. The van der Waals surface area contributed by atoms with E-state index in [4.69, 9.17) is 0 Å². The predicted molar refractivity (Wildman–Crippen MR) is 91.1 cm³/mol. The first kappa shape index (κ1) is 15.3. The van der Waals surface area contributed by atoms with E-state index in [2.05, 4.69) is 42.5 Å². The Hall–Kier alpha value is -1.59. The van der Waals surface area contributed by atoms with Crippen LogP contribution in [0, 0.1) is 13.8 Å². The zero-order valence-corrected chi connectivity index (χ0v) is 14.3. The lowest BCUT2D eigenvalue weighted by Crippen LogP contribution is -2.34. The maximum Gasteiger partial charge on any atom is 0.256 e. The fourth-order valence-electron chi connectivity index (χ4n) is 3.05. The van der Waals surface area contributed by atoms with Gasteiger partial charge < -0.3 is 14.4 Å². The largest absolute Gasteiger partial charge is 0.337 e. The fourth-order valence-corrected chi connectivity index (χ4v) is 4.05. The highest BCUT2D eigenvalue weighted by Crippen LogP contribution is 2.27. The van der Waals surface area contributed by atoms with Crippen molar-refractivity contribution in [2.75, 3.05) is 33.2 Å². The maximum atomic E-state index is 13.0. The number of nitrogens with zero attached hydrogens (tertiary/aromatic N) is 3. The number of carbonyl (C=O) groups excluding carboxylic acids is 1. The van der Waals surface area contributed by atoms with Crippen LogP contribution in [0.2, 0.25) is 0 Å². The highest BCUT2D eigenvalue weighted by Gasteiger charge is 2.23. The van der Waals surface area contributed by atoms with Crippen molar-refractivity contribution in [3.05, 3.63) is 40.5 Å². The summed E-state index contributed by atoms with van der Waals surface area (Å²) in [5, 5.41) is 3.06. The topological polar surface area (TPSA) is 28.5 Å². The molecule has 3 rings (SSSR count). The summed E-state index contributed by atoms with van der Waals surface area (Å²) in [5.74, 6) is 0.166. The summed E-state index contributed by atoms with van der Waals surface area (Å²) in [6.45, 7) is 7.85. The lowest BCUT2D eigenvalue weighted by molar-refractivity contribution is 0.0763. The Labute approximate surface area is 136 Å². The predicted octanol–water partition coefficient (Wildman–Crippen LogP) is 2.93. The molecule has 4 nitrogen and oxygen atoms in total. The molecular weight excluding hydrogens is 294 g/mol. The molecule has 0 radical (unpaired) electrons. The molecule has 0 bridgehead atoms. The number of aryl methyl sites for hydroxylation is 2. The van der Waals surface area contributed by atoms with Gasteiger partial charge in [0, 0.05) is 31.0 Å². The van der Waals surface area contributed by atoms with Crippen molar-refractivity contribution in [2.45, 2.75) is 20.3 Å². The molecule has 0 N–H and O–H groups in total. The second-order valence-corrected chi connectivity index (χ2v) is 6.93. The molecule has 0 aliphatic carbocycles. The lowest BCUT2D eigenvalue weighted by atomic mass is 10.2. The molecule has 0 unspecified atom stereocenters. The van der Waals surface area contributed by atoms with Gasteiger partial charge in [-0.2, -0.15) is 0 Å². The molecule has 1 saturated heterocycles. The summed E-state index contributed by atoms with van der Waals surface area (Å²) >= 11 is 1.64. The standard InChI is InChI=1S/C17H23N3OS/c1-13-5-6-14(2)20(13)17-15(7-12-22-17)16(21)19-9-4-8-18(3)10-11-19/h5-7,12H,4,8-11H2,1-3H3. The molecule has 0 saturated carbocycles. The Morgan fingerprint density at radius 3 is 2.50 bits per heavy atom. The van der Waals surface area contributed by atoms with Crippen LogP contribution < -0.4 is 0 Å². The Morgan fingerprint density at radius 2 is 1.77 bits per heavy atom. The summed E-state index contributed by atoms with van der Waals surface area (Å²) in [7, 11) is 2.12. The SMILES string of the molecule is Cc1ccc(C)n1-c1sccc1C(=O)N1CCCN(C)CC1. The van der Waals surface area contributed by atoms with Crippen molar-refractivity contribution in [1.29, 1.82) is 0 Å². The first-order valence-electron chi connectivity index (χ1n) is 7.78. The van der Waals surface area contributed by atoms with E-state index in [9.17, 15) is 4.79 Å². The van der Waals surface area contributed by atoms with Crippen LogP contribution in [0.5, 0.6) is 0 Å². The quantitative estimate of drug-likeness (QED) is 0.852. The third-order valence-corrected chi connectivity index (χ3v) is 5.25. The minimum absolute atomic E-state index is 0.166. The van der Waals surface area contributed by atoms with Crippen molar-refractivity contribution in [3.63, 3.8) is 0 Å². The first-order valence-corrected chi connectivity index (χ1v) is 8.66. The second kappa shape index (κ2) is 6.26. The van der Waals surface area contributed by atoms with Crippen molar-refractivity contribution < 1.29 is 4.79 Å². The highest BCUT2D eigenvalue weighted by atomic mass is 32.1. The van der Waals surface area contributed by atoms with Gasteiger partial charge >= 0.3 is 0 Å². The molecule has 1 aliphatic rings. The van der Waals surface area contributed by atoms with Crippen molar-refractivity contribution in [1.82, 2.24) is 14.4 Å². The van der Waals surface area contributed by atoms with Gasteiger partial charge in [0.05, 0.1) is 5.56 Å². The van der Waals surface area contributed by atoms with Gasteiger partial charge in [-0.25, -0.2) is 0 Å². The third kappa shape index (κ3) is 2.83. The summed E-state index contributed by atoms with van der Waals surface area (Å²) in [4.78, 5) is 17.3. The molecule has 22 heavy (non-hydrogen) atoms. The van der Waals surface area contributed by atoms with Crippen LogP contribution in [0.15, 0.2) is 23.6 Å². The smallest absolute Gasteiger partial charge is 0.256 e. The van der Waals surface area contributed by atoms with Gasteiger partial charge in [-0.15, -0.1) is 11.3 Å². The number of hydrogen-bond donors (Lipinski definition) is 0. The monoisotopic (exact) mass is 317 g/mol. The maximum absolute atomic E-state index is 13.0. The van der Waals surface area contributed by atoms with E-state index in [0.717, 1.165) is 43.2 Å². The molecule has 1 amide bonds. The first-order chi connectivity index (χ1) is 10.6. The zero-order valence-electron chi connectivity index (χ0n) is 13.5. The van der Waals surface area contributed by atoms with Gasteiger partial charge in [0.15, 0.2) is 0 Å². The molecule has 0 atom stereocenters. The van der Waals surface area contributed by atoms with Crippen LogP contribution in [0.3, 0.4) is 0 Å². The Bertz CT molecular complexity index is 654. The number of likely N-dealkylation sites (N-methyl/N-ethyl adjacent to an activating group) is 1. The molecule has 118 valence electrons. The molecule has 3 heterocycles. The van der Waals surface area contributed by atoms with Crippen molar-refractivity contribution in [3.8, 4) is 5.00 Å². The number of hydrogen-bond acceptors (Lipinski definition) is 3. The summed E-state index contributed by atoms with van der Waals surface area (Å²) in [5.41, 5.74) is 3.17. The third-order valence-electron chi connectivity index (χ3n) is 4.36. The average Bonchev–Trinajstić information content (AvgIpc) is 3.01. The molecule has 1 aliphatic heterocycles. The molecule has 1 fully saturated rings. The van der Waals surface area contributed by atoms with Gasteiger partial charge in [-0.1, -0.05) is 0 Å². The van der Waals surface area contributed by atoms with Crippen LogP contribution in [-0.2, 0) is 0 Å². The molecule has 0 aromatic carbocycles. The van der Waals surface area contributed by atoms with E-state index in [0.29, 0.717) is 0 Å². The Balaban J connectivity index is 1.90. The molecule has 2 aromatic heterocycles. The number of aromatic nitrogens is 1. The average molecular weight is 317 g/mol. The van der Waals surface area contributed by atoms with Gasteiger partial charge in [-0.05, 0) is 57.4 Å². The van der Waals surface area contributed by atoms with Crippen LogP contribution >= 0.6 is 11.3 Å². The van der Waals surface area contributed by atoms with Crippen molar-refractivity contribution in [2.24, 2.45) is 0 Å². The number of carbonyl (C=O) groups is 1. The molecule has 0 spiro atoms. The summed E-state index contributed by atoms with van der Waals surface area (Å²) in [6, 6.07) is 6.17. The van der Waals surface area contributed by atoms with Crippen LogP contribution in [0.1, 0.15) is 28.2 Å². The minimum Gasteiger partial charge on any atom is -0.337 e. The van der Waals surface area contributed by atoms with Crippen LogP contribution in [0.25, 0.3) is 5.00 Å². The van der Waals surface area contributed by atoms with Gasteiger partial charge in [-0.3, -0.25) is 4.79 Å². The van der Waals surface area contributed by atoms with Gasteiger partial charge in [0.25, 0.3) is 5.91 Å². The Kier molecular flexibility index (Phi) is 4.36. The lowest BCUT2D eigenvalue weighted by Gasteiger charge is -2.21. The summed E-state index contributed by atoms with van der Waals surface area (Å²) in [6.07, 6.45) is 1.04. The van der Waals surface area contributed by atoms with E-state index in [-0.39, 0.29) is 5.91 Å². The van der Waals surface area contributed by atoms with Crippen LogP contribution in [-0.4, -0.2) is 53.5 Å². The number of thiophene rings is 1. The van der Waals surface area contributed by atoms with Gasteiger partial charge in [0.2, 0.25) is 0 Å².